The van der Waals surface area contributed by atoms with E-state index in [4.69, 9.17) is 16.3 Å². The summed E-state index contributed by atoms with van der Waals surface area (Å²) in [6, 6.07) is 3.83. The fourth-order valence-corrected chi connectivity index (χ4v) is 1.79. The first-order chi connectivity index (χ1) is 7.60. The molecular weight excluding hydrogens is 226 g/mol. The van der Waals surface area contributed by atoms with E-state index in [1.807, 2.05) is 12.1 Å². The Labute approximate surface area is 100 Å². The molecule has 16 heavy (non-hydrogen) atoms. The highest BCUT2D eigenvalue weighted by atomic mass is 35.5. The van der Waals surface area contributed by atoms with Crippen LogP contribution in [0.25, 0.3) is 0 Å². The Balaban J connectivity index is 3.24. The maximum atomic E-state index is 10.1. The summed E-state index contributed by atoms with van der Waals surface area (Å²) < 4.78 is 5.19. The number of methoxy groups -OCH3 is 1. The van der Waals surface area contributed by atoms with Crippen molar-refractivity contribution in [2.45, 2.75) is 26.3 Å². The third-order valence-corrected chi connectivity index (χ3v) is 2.61. The number of aliphatic imine (C=N–C) groups is 1. The zero-order valence-electron chi connectivity index (χ0n) is 9.58. The molecule has 0 N–H and O–H groups in total. The van der Waals surface area contributed by atoms with Crippen molar-refractivity contribution in [3.8, 4) is 5.75 Å². The van der Waals surface area contributed by atoms with E-state index in [-0.39, 0.29) is 6.54 Å². The maximum Gasteiger partial charge on any atom is 0.235 e. The van der Waals surface area contributed by atoms with Gasteiger partial charge in [-0.1, -0.05) is 25.4 Å². The standard InChI is InChI=1S/C12H14ClNO2/c1-8(2)9-4-10(6-14-7-15)12(16-3)11(13)5-9/h4-5,8H,6H2,1-3H3. The lowest BCUT2D eigenvalue weighted by Gasteiger charge is -2.13. The Kier molecular flexibility index (Phi) is 4.53. The lowest BCUT2D eigenvalue weighted by molar-refractivity contribution is 0.410. The molecule has 0 saturated carbocycles. The lowest BCUT2D eigenvalue weighted by Crippen LogP contribution is -1.96. The van der Waals surface area contributed by atoms with Crippen molar-refractivity contribution >= 4 is 17.7 Å². The average Bonchev–Trinajstić information content (AvgIpc) is 2.25. The summed E-state index contributed by atoms with van der Waals surface area (Å²) in [5, 5.41) is 0.546. The third-order valence-electron chi connectivity index (χ3n) is 2.33. The van der Waals surface area contributed by atoms with Crippen molar-refractivity contribution in [3.05, 3.63) is 28.3 Å². The Bertz CT molecular complexity index is 423. The van der Waals surface area contributed by atoms with Crippen molar-refractivity contribution in [2.75, 3.05) is 7.11 Å². The number of benzene rings is 1. The molecular formula is C12H14ClNO2. The average molecular weight is 240 g/mol. The Morgan fingerprint density at radius 2 is 2.19 bits per heavy atom. The fraction of sp³-hybridized carbons (Fsp3) is 0.417. The molecule has 0 aliphatic rings. The van der Waals surface area contributed by atoms with Gasteiger partial charge in [-0.05, 0) is 23.6 Å². The van der Waals surface area contributed by atoms with Crippen molar-refractivity contribution in [1.29, 1.82) is 0 Å². The van der Waals surface area contributed by atoms with Gasteiger partial charge in [0.25, 0.3) is 0 Å². The van der Waals surface area contributed by atoms with Crippen LogP contribution < -0.4 is 4.74 Å². The summed E-state index contributed by atoms with van der Waals surface area (Å²) in [4.78, 5) is 13.7. The van der Waals surface area contributed by atoms with Gasteiger partial charge in [0.2, 0.25) is 6.08 Å². The number of rotatable bonds is 4. The van der Waals surface area contributed by atoms with Gasteiger partial charge in [0.05, 0.1) is 18.7 Å². The van der Waals surface area contributed by atoms with Gasteiger partial charge in [0.15, 0.2) is 0 Å². The van der Waals surface area contributed by atoms with Crippen molar-refractivity contribution < 1.29 is 9.53 Å². The number of hydrogen-bond acceptors (Lipinski definition) is 3. The van der Waals surface area contributed by atoms with E-state index in [1.165, 1.54) is 6.08 Å². The molecule has 0 bridgehead atoms. The van der Waals surface area contributed by atoms with Gasteiger partial charge < -0.3 is 4.74 Å². The molecule has 0 atom stereocenters. The SMILES string of the molecule is COc1c(Cl)cc(C(C)C)cc1CN=C=O. The van der Waals surface area contributed by atoms with E-state index in [0.717, 1.165) is 11.1 Å². The largest absolute Gasteiger partial charge is 0.495 e. The highest BCUT2D eigenvalue weighted by Gasteiger charge is 2.11. The highest BCUT2D eigenvalue weighted by Crippen LogP contribution is 2.33. The predicted molar refractivity (Wildman–Crippen MR) is 63.9 cm³/mol. The first-order valence-corrected chi connectivity index (χ1v) is 5.37. The summed E-state index contributed by atoms with van der Waals surface area (Å²) in [6.45, 7) is 4.39. The third kappa shape index (κ3) is 2.84. The molecule has 0 amide bonds. The van der Waals surface area contributed by atoms with Crippen LogP contribution in [-0.2, 0) is 11.3 Å². The summed E-state index contributed by atoms with van der Waals surface area (Å²) in [7, 11) is 1.55. The van der Waals surface area contributed by atoms with Crippen LogP contribution >= 0.6 is 11.6 Å². The Morgan fingerprint density at radius 3 is 2.69 bits per heavy atom. The normalized spacial score (nSPS) is 10.1. The van der Waals surface area contributed by atoms with Gasteiger partial charge >= 0.3 is 0 Å². The number of nitrogens with zero attached hydrogens (tertiary/aromatic N) is 1. The summed E-state index contributed by atoms with van der Waals surface area (Å²) in [6.07, 6.45) is 1.51. The molecule has 0 spiro atoms. The summed E-state index contributed by atoms with van der Waals surface area (Å²) in [5.41, 5.74) is 1.91. The van der Waals surface area contributed by atoms with Crippen LogP contribution in [-0.4, -0.2) is 13.2 Å². The van der Waals surface area contributed by atoms with Crippen LogP contribution in [0.2, 0.25) is 5.02 Å². The second-order valence-electron chi connectivity index (χ2n) is 3.76. The molecule has 4 heteroatoms. The minimum absolute atomic E-state index is 0.243. The maximum absolute atomic E-state index is 10.1. The molecule has 0 aromatic heterocycles. The van der Waals surface area contributed by atoms with E-state index in [2.05, 4.69) is 18.8 Å². The second kappa shape index (κ2) is 5.69. The van der Waals surface area contributed by atoms with E-state index >= 15 is 0 Å². The van der Waals surface area contributed by atoms with E-state index < -0.39 is 0 Å². The summed E-state index contributed by atoms with van der Waals surface area (Å²) in [5.74, 6) is 0.937. The van der Waals surface area contributed by atoms with E-state index in [1.54, 1.807) is 7.11 Å². The number of isocyanates is 1. The second-order valence-corrected chi connectivity index (χ2v) is 4.16. The van der Waals surface area contributed by atoms with Crippen LogP contribution in [0.1, 0.15) is 30.9 Å². The molecule has 0 fully saturated rings. The Morgan fingerprint density at radius 1 is 1.50 bits per heavy atom. The summed E-state index contributed by atoms with van der Waals surface area (Å²) >= 11 is 6.09. The Hall–Kier alpha value is -1.31. The van der Waals surface area contributed by atoms with Crippen LogP contribution in [0, 0.1) is 0 Å². The first-order valence-electron chi connectivity index (χ1n) is 5.00. The minimum atomic E-state index is 0.243. The van der Waals surface area contributed by atoms with Gasteiger partial charge in [0.1, 0.15) is 5.75 Å². The van der Waals surface area contributed by atoms with Gasteiger partial charge in [-0.15, -0.1) is 0 Å². The first kappa shape index (κ1) is 12.8. The van der Waals surface area contributed by atoms with Crippen molar-refractivity contribution in [3.63, 3.8) is 0 Å². The molecule has 3 nitrogen and oxygen atoms in total. The minimum Gasteiger partial charge on any atom is -0.495 e. The zero-order chi connectivity index (χ0) is 12.1. The van der Waals surface area contributed by atoms with Gasteiger partial charge in [-0.3, -0.25) is 0 Å². The number of hydrogen-bond donors (Lipinski definition) is 0. The predicted octanol–water partition coefficient (Wildman–Crippen LogP) is 3.31. The van der Waals surface area contributed by atoms with Gasteiger partial charge in [-0.25, -0.2) is 9.79 Å². The van der Waals surface area contributed by atoms with E-state index in [0.29, 0.717) is 16.7 Å². The number of ether oxygens (including phenoxy) is 1. The van der Waals surface area contributed by atoms with Crippen LogP contribution in [0.4, 0.5) is 0 Å². The van der Waals surface area contributed by atoms with Gasteiger partial charge in [0, 0.05) is 5.56 Å². The number of carbonyl (C=O) groups excluding carboxylic acids is 1. The van der Waals surface area contributed by atoms with Crippen molar-refractivity contribution in [2.24, 2.45) is 4.99 Å². The quantitative estimate of drug-likeness (QED) is 0.597. The fourth-order valence-electron chi connectivity index (χ4n) is 1.47. The van der Waals surface area contributed by atoms with Crippen LogP contribution in [0.5, 0.6) is 5.75 Å². The lowest BCUT2D eigenvalue weighted by atomic mass is 10.00. The smallest absolute Gasteiger partial charge is 0.235 e. The molecule has 0 saturated heterocycles. The molecule has 86 valence electrons. The van der Waals surface area contributed by atoms with Gasteiger partial charge in [-0.2, -0.15) is 0 Å². The number of halogens is 1. The van der Waals surface area contributed by atoms with Crippen LogP contribution in [0.15, 0.2) is 17.1 Å². The molecule has 1 rings (SSSR count). The molecule has 0 aliphatic carbocycles. The topological polar surface area (TPSA) is 38.7 Å². The molecule has 0 aliphatic heterocycles. The zero-order valence-corrected chi connectivity index (χ0v) is 10.3. The van der Waals surface area contributed by atoms with Crippen molar-refractivity contribution in [1.82, 2.24) is 0 Å². The molecule has 0 heterocycles. The molecule has 1 aromatic rings. The van der Waals surface area contributed by atoms with Crippen LogP contribution in [0.3, 0.4) is 0 Å². The van der Waals surface area contributed by atoms with E-state index in [9.17, 15) is 4.79 Å². The monoisotopic (exact) mass is 239 g/mol. The molecule has 0 radical (unpaired) electrons. The molecule has 1 aromatic carbocycles. The molecule has 0 unspecified atom stereocenters. The highest BCUT2D eigenvalue weighted by molar-refractivity contribution is 6.32.